The van der Waals surface area contributed by atoms with Gasteiger partial charge in [0.2, 0.25) is 0 Å². The normalized spacial score (nSPS) is 10.5. The predicted molar refractivity (Wildman–Crippen MR) is 73.2 cm³/mol. The van der Waals surface area contributed by atoms with Crippen LogP contribution in [-0.4, -0.2) is 26.1 Å². The smallest absolute Gasteiger partial charge is 0.172 e. The quantitative estimate of drug-likeness (QED) is 0.746. The Balaban J connectivity index is 2.36. The van der Waals surface area contributed by atoms with Gasteiger partial charge in [0, 0.05) is 11.8 Å². The van der Waals surface area contributed by atoms with Crippen molar-refractivity contribution in [1.82, 2.24) is 4.98 Å². The molecule has 0 fully saturated rings. The third kappa shape index (κ3) is 2.71. The summed E-state index contributed by atoms with van der Waals surface area (Å²) >= 11 is 0. The number of Topliss-reactive ketones (excluding diaryl/α,β-unsaturated/α-hetero) is 1. The molecular formula is C15H15NO4. The maximum atomic E-state index is 12.2. The van der Waals surface area contributed by atoms with Crippen molar-refractivity contribution in [3.8, 4) is 17.2 Å². The van der Waals surface area contributed by atoms with E-state index in [0.717, 1.165) is 6.07 Å². The molecule has 104 valence electrons. The van der Waals surface area contributed by atoms with Crippen molar-refractivity contribution in [3.63, 3.8) is 0 Å². The molecule has 0 saturated heterocycles. The number of aromatic hydroxyl groups is 3. The van der Waals surface area contributed by atoms with Gasteiger partial charge in [0.1, 0.15) is 17.2 Å². The average molecular weight is 273 g/mol. The van der Waals surface area contributed by atoms with Crippen molar-refractivity contribution < 1.29 is 20.1 Å². The summed E-state index contributed by atoms with van der Waals surface area (Å²) in [6.07, 6.45) is -0.118. The summed E-state index contributed by atoms with van der Waals surface area (Å²) < 4.78 is 0. The Hall–Kier alpha value is -2.56. The predicted octanol–water partition coefficient (Wildman–Crippen LogP) is 2.24. The first-order valence-corrected chi connectivity index (χ1v) is 6.09. The van der Waals surface area contributed by atoms with Gasteiger partial charge in [-0.05, 0) is 37.6 Å². The number of carbonyl (C=O) groups is 1. The monoisotopic (exact) mass is 273 g/mol. The number of pyridine rings is 1. The number of benzene rings is 1. The van der Waals surface area contributed by atoms with Crippen LogP contribution in [-0.2, 0) is 6.42 Å². The van der Waals surface area contributed by atoms with E-state index in [2.05, 4.69) is 4.98 Å². The molecule has 0 aliphatic rings. The molecule has 3 N–H and O–H groups in total. The molecule has 0 unspecified atom stereocenters. The van der Waals surface area contributed by atoms with E-state index in [1.807, 2.05) is 0 Å². The highest BCUT2D eigenvalue weighted by Gasteiger charge is 2.18. The molecule has 0 atom stereocenters. The number of hydrogen-bond acceptors (Lipinski definition) is 5. The largest absolute Gasteiger partial charge is 0.508 e. The van der Waals surface area contributed by atoms with Crippen molar-refractivity contribution in [2.24, 2.45) is 0 Å². The number of carbonyl (C=O) groups excluding carboxylic acids is 1. The highest BCUT2D eigenvalue weighted by Crippen LogP contribution is 2.28. The molecule has 2 aromatic rings. The first-order valence-electron chi connectivity index (χ1n) is 6.09. The number of nitrogens with zero attached hydrogens (tertiary/aromatic N) is 1. The zero-order chi connectivity index (χ0) is 14.9. The summed E-state index contributed by atoms with van der Waals surface area (Å²) in [6, 6.07) is 5.64. The standard InChI is InChI=1S/C15H15NO4/c1-8-5-10(17)6-13(19)15(8)14(20)7-11-12(18)4-3-9(2)16-11/h3-6,17-19H,7H2,1-2H3. The van der Waals surface area contributed by atoms with Crippen LogP contribution in [0.2, 0.25) is 0 Å². The van der Waals surface area contributed by atoms with Crippen LogP contribution in [0.25, 0.3) is 0 Å². The van der Waals surface area contributed by atoms with Crippen LogP contribution in [0.4, 0.5) is 0 Å². The van der Waals surface area contributed by atoms with Crippen molar-refractivity contribution >= 4 is 5.78 Å². The number of hydrogen-bond donors (Lipinski definition) is 3. The molecule has 0 aliphatic carbocycles. The minimum atomic E-state index is -0.367. The number of aryl methyl sites for hydroxylation is 2. The van der Waals surface area contributed by atoms with Crippen molar-refractivity contribution in [2.45, 2.75) is 20.3 Å². The molecule has 0 aliphatic heterocycles. The maximum Gasteiger partial charge on any atom is 0.172 e. The van der Waals surface area contributed by atoms with Gasteiger partial charge in [-0.25, -0.2) is 0 Å². The van der Waals surface area contributed by atoms with Gasteiger partial charge in [-0.1, -0.05) is 0 Å². The Labute approximate surface area is 116 Å². The van der Waals surface area contributed by atoms with Gasteiger partial charge < -0.3 is 15.3 Å². The summed E-state index contributed by atoms with van der Waals surface area (Å²) in [5.74, 6) is -0.805. The van der Waals surface area contributed by atoms with E-state index in [1.54, 1.807) is 19.9 Å². The molecule has 0 saturated carbocycles. The highest BCUT2D eigenvalue weighted by molar-refractivity contribution is 6.01. The SMILES string of the molecule is Cc1ccc(O)c(CC(=O)c2c(C)cc(O)cc2O)n1. The van der Waals surface area contributed by atoms with E-state index in [0.29, 0.717) is 11.3 Å². The van der Waals surface area contributed by atoms with Crippen molar-refractivity contribution in [3.05, 3.63) is 46.8 Å². The highest BCUT2D eigenvalue weighted by atomic mass is 16.3. The molecule has 0 spiro atoms. The molecule has 5 nitrogen and oxygen atoms in total. The first kappa shape index (κ1) is 13.9. The lowest BCUT2D eigenvalue weighted by Gasteiger charge is -2.09. The lowest BCUT2D eigenvalue weighted by Crippen LogP contribution is -2.08. The number of aromatic nitrogens is 1. The zero-order valence-electron chi connectivity index (χ0n) is 11.2. The van der Waals surface area contributed by atoms with Gasteiger partial charge in [-0.15, -0.1) is 0 Å². The Morgan fingerprint density at radius 3 is 2.45 bits per heavy atom. The molecule has 20 heavy (non-hydrogen) atoms. The third-order valence-electron chi connectivity index (χ3n) is 3.00. The van der Waals surface area contributed by atoms with Gasteiger partial charge in [0.25, 0.3) is 0 Å². The number of phenols is 2. The number of phenolic OH excluding ortho intramolecular Hbond substituents is 2. The van der Waals surface area contributed by atoms with Crippen LogP contribution < -0.4 is 0 Å². The fourth-order valence-electron chi connectivity index (χ4n) is 2.09. The van der Waals surface area contributed by atoms with Gasteiger partial charge >= 0.3 is 0 Å². The van der Waals surface area contributed by atoms with Gasteiger partial charge in [-0.2, -0.15) is 0 Å². The number of ketones is 1. The molecule has 1 aromatic heterocycles. The van der Waals surface area contributed by atoms with E-state index >= 15 is 0 Å². The maximum absolute atomic E-state index is 12.2. The van der Waals surface area contributed by atoms with Gasteiger partial charge in [0.15, 0.2) is 5.78 Å². The summed E-state index contributed by atoms with van der Waals surface area (Å²) in [5, 5.41) is 28.8. The molecular weight excluding hydrogens is 258 g/mol. The fraction of sp³-hybridized carbons (Fsp3) is 0.200. The Bertz CT molecular complexity index is 657. The van der Waals surface area contributed by atoms with E-state index in [1.165, 1.54) is 12.1 Å². The molecule has 1 aromatic carbocycles. The molecule has 0 bridgehead atoms. The molecule has 2 rings (SSSR count). The number of rotatable bonds is 3. The van der Waals surface area contributed by atoms with Gasteiger partial charge in [0.05, 0.1) is 17.7 Å². The second-order valence-electron chi connectivity index (χ2n) is 4.68. The summed E-state index contributed by atoms with van der Waals surface area (Å²) in [7, 11) is 0. The van der Waals surface area contributed by atoms with E-state index in [9.17, 15) is 20.1 Å². The molecule has 0 amide bonds. The lowest BCUT2D eigenvalue weighted by molar-refractivity contribution is 0.0987. The van der Waals surface area contributed by atoms with Crippen molar-refractivity contribution in [2.75, 3.05) is 0 Å². The minimum absolute atomic E-state index is 0.0557. The summed E-state index contributed by atoms with van der Waals surface area (Å²) in [6.45, 7) is 3.38. The second-order valence-corrected chi connectivity index (χ2v) is 4.68. The van der Waals surface area contributed by atoms with Crippen molar-refractivity contribution in [1.29, 1.82) is 0 Å². The summed E-state index contributed by atoms with van der Waals surface area (Å²) in [5.41, 5.74) is 1.56. The van der Waals surface area contributed by atoms with Crippen LogP contribution >= 0.6 is 0 Å². The fourth-order valence-corrected chi connectivity index (χ4v) is 2.09. The van der Waals surface area contributed by atoms with Crippen LogP contribution in [0.15, 0.2) is 24.3 Å². The van der Waals surface area contributed by atoms with E-state index in [4.69, 9.17) is 0 Å². The second kappa shape index (κ2) is 5.21. The van der Waals surface area contributed by atoms with Gasteiger partial charge in [-0.3, -0.25) is 9.78 Å². The Morgan fingerprint density at radius 2 is 1.80 bits per heavy atom. The van der Waals surface area contributed by atoms with Crippen LogP contribution in [0.3, 0.4) is 0 Å². The van der Waals surface area contributed by atoms with Crippen LogP contribution in [0, 0.1) is 13.8 Å². The van der Waals surface area contributed by atoms with Crippen LogP contribution in [0.1, 0.15) is 27.3 Å². The Morgan fingerprint density at radius 1 is 1.10 bits per heavy atom. The molecule has 0 radical (unpaired) electrons. The van der Waals surface area contributed by atoms with Crippen LogP contribution in [0.5, 0.6) is 17.2 Å². The third-order valence-corrected chi connectivity index (χ3v) is 3.00. The lowest BCUT2D eigenvalue weighted by atomic mass is 9.99. The first-order chi connectivity index (χ1) is 9.38. The average Bonchev–Trinajstić information content (AvgIpc) is 2.32. The minimum Gasteiger partial charge on any atom is -0.508 e. The topological polar surface area (TPSA) is 90.7 Å². The summed E-state index contributed by atoms with van der Waals surface area (Å²) in [4.78, 5) is 16.4. The Kier molecular flexibility index (Phi) is 3.61. The van der Waals surface area contributed by atoms with E-state index < -0.39 is 0 Å². The zero-order valence-corrected chi connectivity index (χ0v) is 11.2. The molecule has 5 heteroatoms. The van der Waals surface area contributed by atoms with E-state index in [-0.39, 0.29) is 40.7 Å². The molecule has 1 heterocycles.